The zero-order valence-corrected chi connectivity index (χ0v) is 11.0. The van der Waals surface area contributed by atoms with Gasteiger partial charge in [-0.2, -0.15) is 0 Å². The maximum atomic E-state index is 11.7. The monoisotopic (exact) mass is 230 g/mol. The topological polar surface area (TPSA) is 64.3 Å². The van der Waals surface area contributed by atoms with Crippen LogP contribution < -0.4 is 11.1 Å². The van der Waals surface area contributed by atoms with Crippen molar-refractivity contribution in [3.05, 3.63) is 0 Å². The Balaban J connectivity index is 4.04. The summed E-state index contributed by atoms with van der Waals surface area (Å²) in [4.78, 5) is 11.7. The molecule has 0 aliphatic heterocycles. The van der Waals surface area contributed by atoms with Crippen molar-refractivity contribution in [3.63, 3.8) is 0 Å². The molecule has 0 saturated heterocycles. The molecule has 0 spiro atoms. The van der Waals surface area contributed by atoms with Crippen molar-refractivity contribution >= 4 is 5.91 Å². The van der Waals surface area contributed by atoms with Gasteiger partial charge in [-0.3, -0.25) is 4.79 Å². The van der Waals surface area contributed by atoms with E-state index in [1.165, 1.54) is 0 Å². The van der Waals surface area contributed by atoms with E-state index in [9.17, 15) is 4.79 Å². The average Bonchev–Trinajstić information content (AvgIpc) is 2.26. The van der Waals surface area contributed by atoms with Gasteiger partial charge in [0.1, 0.15) is 5.60 Å². The standard InChI is InChI=1S/C12H26N2O2/c1-5-6-10(7-8-13)9-14-11(15)12(2,3)16-4/h10H,5-9,13H2,1-4H3,(H,14,15). The largest absolute Gasteiger partial charge is 0.369 e. The van der Waals surface area contributed by atoms with Gasteiger partial charge in [0.05, 0.1) is 0 Å². The van der Waals surface area contributed by atoms with E-state index in [2.05, 4.69) is 12.2 Å². The van der Waals surface area contributed by atoms with Gasteiger partial charge in [0.15, 0.2) is 0 Å². The van der Waals surface area contributed by atoms with Gasteiger partial charge in [0, 0.05) is 13.7 Å². The quantitative estimate of drug-likeness (QED) is 0.660. The minimum absolute atomic E-state index is 0.0619. The van der Waals surface area contributed by atoms with E-state index in [1.54, 1.807) is 21.0 Å². The number of hydrogen-bond donors (Lipinski definition) is 2. The van der Waals surface area contributed by atoms with Crippen LogP contribution in [0.3, 0.4) is 0 Å². The summed E-state index contributed by atoms with van der Waals surface area (Å²) in [6.07, 6.45) is 3.18. The van der Waals surface area contributed by atoms with Crippen molar-refractivity contribution in [1.29, 1.82) is 0 Å². The van der Waals surface area contributed by atoms with Gasteiger partial charge in [-0.15, -0.1) is 0 Å². The van der Waals surface area contributed by atoms with E-state index < -0.39 is 5.60 Å². The van der Waals surface area contributed by atoms with Gasteiger partial charge in [0.2, 0.25) is 0 Å². The molecular weight excluding hydrogens is 204 g/mol. The molecule has 0 rings (SSSR count). The van der Waals surface area contributed by atoms with Crippen molar-refractivity contribution in [1.82, 2.24) is 5.32 Å². The Hall–Kier alpha value is -0.610. The van der Waals surface area contributed by atoms with E-state index in [1.807, 2.05) is 0 Å². The maximum absolute atomic E-state index is 11.7. The number of carbonyl (C=O) groups excluding carboxylic acids is 1. The molecule has 0 bridgehead atoms. The molecule has 0 radical (unpaired) electrons. The Bertz CT molecular complexity index is 199. The second-order valence-corrected chi connectivity index (χ2v) is 4.66. The highest BCUT2D eigenvalue weighted by atomic mass is 16.5. The number of nitrogens with one attached hydrogen (secondary N) is 1. The molecule has 0 aromatic carbocycles. The predicted octanol–water partition coefficient (Wildman–Crippen LogP) is 1.29. The Morgan fingerprint density at radius 2 is 2.06 bits per heavy atom. The Morgan fingerprint density at radius 1 is 1.44 bits per heavy atom. The van der Waals surface area contributed by atoms with Gasteiger partial charge in [0.25, 0.3) is 5.91 Å². The Morgan fingerprint density at radius 3 is 2.50 bits per heavy atom. The smallest absolute Gasteiger partial charge is 0.251 e. The van der Waals surface area contributed by atoms with Crippen LogP contribution in [0.5, 0.6) is 0 Å². The van der Waals surface area contributed by atoms with Crippen molar-refractivity contribution in [2.75, 3.05) is 20.2 Å². The summed E-state index contributed by atoms with van der Waals surface area (Å²) < 4.78 is 5.11. The molecule has 1 atom stereocenters. The summed E-state index contributed by atoms with van der Waals surface area (Å²) in [5.41, 5.74) is 4.79. The second kappa shape index (κ2) is 7.63. The van der Waals surface area contributed by atoms with Gasteiger partial charge in [-0.05, 0) is 39.2 Å². The van der Waals surface area contributed by atoms with Crippen molar-refractivity contribution in [2.24, 2.45) is 11.7 Å². The summed E-state index contributed by atoms with van der Waals surface area (Å²) in [6.45, 7) is 7.04. The number of hydrogen-bond acceptors (Lipinski definition) is 3. The first-order valence-electron chi connectivity index (χ1n) is 6.01. The van der Waals surface area contributed by atoms with E-state index >= 15 is 0 Å². The van der Waals surface area contributed by atoms with Crippen LogP contribution in [-0.4, -0.2) is 31.7 Å². The number of amides is 1. The molecule has 4 nitrogen and oxygen atoms in total. The van der Waals surface area contributed by atoms with Crippen molar-refractivity contribution in [3.8, 4) is 0 Å². The van der Waals surface area contributed by atoms with Crippen LogP contribution in [0.1, 0.15) is 40.0 Å². The highest BCUT2D eigenvalue weighted by Gasteiger charge is 2.26. The van der Waals surface area contributed by atoms with E-state index in [4.69, 9.17) is 10.5 Å². The van der Waals surface area contributed by atoms with Crippen LogP contribution in [0.2, 0.25) is 0 Å². The van der Waals surface area contributed by atoms with Crippen molar-refractivity contribution in [2.45, 2.75) is 45.6 Å². The van der Waals surface area contributed by atoms with Gasteiger partial charge >= 0.3 is 0 Å². The summed E-state index contributed by atoms with van der Waals surface area (Å²) >= 11 is 0. The fourth-order valence-corrected chi connectivity index (χ4v) is 1.54. The molecular formula is C12H26N2O2. The minimum Gasteiger partial charge on any atom is -0.369 e. The molecule has 0 heterocycles. The summed E-state index contributed by atoms with van der Waals surface area (Å²) in [5.74, 6) is 0.416. The molecule has 4 heteroatoms. The van der Waals surface area contributed by atoms with Crippen molar-refractivity contribution < 1.29 is 9.53 Å². The third-order valence-corrected chi connectivity index (χ3v) is 2.88. The summed E-state index contributed by atoms with van der Waals surface area (Å²) in [6, 6.07) is 0. The lowest BCUT2D eigenvalue weighted by Crippen LogP contribution is -2.45. The molecule has 16 heavy (non-hydrogen) atoms. The summed E-state index contributed by atoms with van der Waals surface area (Å²) in [5, 5.41) is 2.92. The lowest BCUT2D eigenvalue weighted by molar-refractivity contribution is -0.139. The van der Waals surface area contributed by atoms with E-state index in [-0.39, 0.29) is 5.91 Å². The maximum Gasteiger partial charge on any atom is 0.251 e. The highest BCUT2D eigenvalue weighted by Crippen LogP contribution is 2.11. The second-order valence-electron chi connectivity index (χ2n) is 4.66. The minimum atomic E-state index is -0.751. The zero-order valence-electron chi connectivity index (χ0n) is 11.0. The van der Waals surface area contributed by atoms with Crippen LogP contribution in [0, 0.1) is 5.92 Å². The fraction of sp³-hybridized carbons (Fsp3) is 0.917. The number of nitrogens with two attached hydrogens (primary N) is 1. The SMILES string of the molecule is CCCC(CCN)CNC(=O)C(C)(C)OC. The Kier molecular flexibility index (Phi) is 7.34. The van der Waals surface area contributed by atoms with Gasteiger partial charge < -0.3 is 15.8 Å². The molecule has 0 saturated carbocycles. The normalized spacial score (nSPS) is 13.6. The molecule has 0 aromatic heterocycles. The molecule has 0 fully saturated rings. The first kappa shape index (κ1) is 15.4. The lowest BCUT2D eigenvalue weighted by atomic mass is 9.99. The number of methoxy groups -OCH3 is 1. The molecule has 1 unspecified atom stereocenters. The van der Waals surface area contributed by atoms with Crippen LogP contribution in [0.25, 0.3) is 0 Å². The number of rotatable bonds is 8. The average molecular weight is 230 g/mol. The fourth-order valence-electron chi connectivity index (χ4n) is 1.54. The van der Waals surface area contributed by atoms with Crippen LogP contribution in [0.15, 0.2) is 0 Å². The molecule has 0 aromatic rings. The van der Waals surface area contributed by atoms with Gasteiger partial charge in [-0.1, -0.05) is 13.3 Å². The van der Waals surface area contributed by atoms with E-state index in [0.29, 0.717) is 19.0 Å². The van der Waals surface area contributed by atoms with Crippen LogP contribution >= 0.6 is 0 Å². The first-order chi connectivity index (χ1) is 7.47. The third kappa shape index (κ3) is 5.47. The molecule has 96 valence electrons. The third-order valence-electron chi connectivity index (χ3n) is 2.88. The lowest BCUT2D eigenvalue weighted by Gasteiger charge is -2.24. The zero-order chi connectivity index (χ0) is 12.6. The predicted molar refractivity (Wildman–Crippen MR) is 66.2 cm³/mol. The first-order valence-corrected chi connectivity index (χ1v) is 6.01. The van der Waals surface area contributed by atoms with E-state index in [0.717, 1.165) is 19.3 Å². The molecule has 0 aliphatic rings. The van der Waals surface area contributed by atoms with Crippen LogP contribution in [-0.2, 0) is 9.53 Å². The summed E-state index contributed by atoms with van der Waals surface area (Å²) in [7, 11) is 1.54. The number of ether oxygens (including phenoxy) is 1. The molecule has 0 aliphatic carbocycles. The number of carbonyl (C=O) groups is 1. The molecule has 3 N–H and O–H groups in total. The highest BCUT2D eigenvalue weighted by molar-refractivity contribution is 5.84. The Labute approximate surface area is 98.9 Å². The van der Waals surface area contributed by atoms with Gasteiger partial charge in [-0.25, -0.2) is 0 Å². The van der Waals surface area contributed by atoms with Crippen LogP contribution in [0.4, 0.5) is 0 Å². The molecule has 1 amide bonds.